The number of fused-ring (bicyclic) bond motifs is 1. The van der Waals surface area contributed by atoms with Gasteiger partial charge in [-0.05, 0) is 30.7 Å². The molecular formula is C19H19BrN4O2. The normalized spacial score (nSPS) is 11.8. The van der Waals surface area contributed by atoms with Gasteiger partial charge in [-0.1, -0.05) is 46.3 Å². The zero-order valence-corrected chi connectivity index (χ0v) is 16.0. The van der Waals surface area contributed by atoms with Gasteiger partial charge in [0.25, 0.3) is 5.91 Å². The second-order valence-electron chi connectivity index (χ2n) is 6.00. The van der Waals surface area contributed by atoms with Gasteiger partial charge in [-0.2, -0.15) is 0 Å². The average Bonchev–Trinajstić information content (AvgIpc) is 2.97. The Morgan fingerprint density at radius 2 is 1.85 bits per heavy atom. The van der Waals surface area contributed by atoms with Gasteiger partial charge in [-0.15, -0.1) is 0 Å². The number of carbonyl (C=O) groups is 2. The molecular weight excluding hydrogens is 396 g/mol. The van der Waals surface area contributed by atoms with Crippen molar-refractivity contribution in [3.63, 3.8) is 0 Å². The highest BCUT2D eigenvalue weighted by Crippen LogP contribution is 2.20. The van der Waals surface area contributed by atoms with Gasteiger partial charge in [0.1, 0.15) is 0 Å². The Morgan fingerprint density at radius 3 is 2.62 bits per heavy atom. The zero-order chi connectivity index (χ0) is 18.7. The van der Waals surface area contributed by atoms with Crippen LogP contribution in [0.25, 0.3) is 10.9 Å². The monoisotopic (exact) mass is 414 g/mol. The highest BCUT2D eigenvalue weighted by molar-refractivity contribution is 9.10. The van der Waals surface area contributed by atoms with E-state index in [1.54, 1.807) is 6.20 Å². The van der Waals surface area contributed by atoms with Crippen molar-refractivity contribution in [2.24, 2.45) is 7.05 Å². The van der Waals surface area contributed by atoms with Crippen LogP contribution in [0.4, 0.5) is 4.79 Å². The van der Waals surface area contributed by atoms with E-state index < -0.39 is 6.03 Å². The number of aromatic nitrogens is 1. The molecule has 3 rings (SSSR count). The first kappa shape index (κ1) is 18.0. The summed E-state index contributed by atoms with van der Waals surface area (Å²) in [5.41, 5.74) is 7.25. The highest BCUT2D eigenvalue weighted by atomic mass is 79.9. The number of halogens is 1. The van der Waals surface area contributed by atoms with Gasteiger partial charge < -0.3 is 9.88 Å². The molecule has 26 heavy (non-hydrogen) atoms. The van der Waals surface area contributed by atoms with Gasteiger partial charge in [0.05, 0.1) is 11.6 Å². The van der Waals surface area contributed by atoms with Gasteiger partial charge in [-0.25, -0.2) is 10.2 Å². The van der Waals surface area contributed by atoms with E-state index in [2.05, 4.69) is 32.1 Å². The van der Waals surface area contributed by atoms with Gasteiger partial charge in [0.15, 0.2) is 0 Å². The molecule has 1 atom stereocenters. The van der Waals surface area contributed by atoms with Crippen molar-refractivity contribution in [2.45, 2.75) is 13.0 Å². The summed E-state index contributed by atoms with van der Waals surface area (Å²) < 4.78 is 2.81. The van der Waals surface area contributed by atoms with Crippen LogP contribution in [0, 0.1) is 0 Å². The van der Waals surface area contributed by atoms with Crippen LogP contribution in [0.1, 0.15) is 28.9 Å². The van der Waals surface area contributed by atoms with Crippen LogP contribution in [0.5, 0.6) is 0 Å². The molecule has 6 nitrogen and oxygen atoms in total. The first-order valence-corrected chi connectivity index (χ1v) is 8.91. The summed E-state index contributed by atoms with van der Waals surface area (Å²) in [5, 5.41) is 3.61. The quantitative estimate of drug-likeness (QED) is 0.572. The number of rotatable bonds is 3. The molecule has 0 unspecified atom stereocenters. The average molecular weight is 415 g/mol. The van der Waals surface area contributed by atoms with Gasteiger partial charge in [-0.3, -0.25) is 10.2 Å². The molecule has 0 fully saturated rings. The third kappa shape index (κ3) is 3.88. The minimum atomic E-state index is -0.480. The van der Waals surface area contributed by atoms with Crippen LogP contribution >= 0.6 is 15.9 Å². The lowest BCUT2D eigenvalue weighted by molar-refractivity contribution is 0.0937. The number of amides is 3. The summed E-state index contributed by atoms with van der Waals surface area (Å²) in [4.78, 5) is 24.5. The van der Waals surface area contributed by atoms with Crippen LogP contribution in [-0.2, 0) is 7.05 Å². The lowest BCUT2D eigenvalue weighted by atomic mass is 10.1. The molecule has 0 radical (unpaired) electrons. The Hall–Kier alpha value is -2.80. The third-order valence-electron chi connectivity index (χ3n) is 4.13. The molecule has 3 aromatic rings. The summed E-state index contributed by atoms with van der Waals surface area (Å²) in [6.45, 7) is 1.87. The Bertz CT molecular complexity index is 967. The number of urea groups is 1. The van der Waals surface area contributed by atoms with Crippen molar-refractivity contribution in [2.75, 3.05) is 0 Å². The fourth-order valence-electron chi connectivity index (χ4n) is 2.80. The van der Waals surface area contributed by atoms with Crippen molar-refractivity contribution in [1.82, 2.24) is 20.7 Å². The summed E-state index contributed by atoms with van der Waals surface area (Å²) in [7, 11) is 1.87. The molecule has 3 amide bonds. The Labute approximate surface area is 159 Å². The molecule has 0 bridgehead atoms. The van der Waals surface area contributed by atoms with E-state index in [9.17, 15) is 9.59 Å². The topological polar surface area (TPSA) is 75.2 Å². The number of benzene rings is 2. The molecule has 0 saturated carbocycles. The summed E-state index contributed by atoms with van der Waals surface area (Å²) >= 11 is 3.41. The predicted octanol–water partition coefficient (Wildman–Crippen LogP) is 3.65. The fourth-order valence-corrected chi connectivity index (χ4v) is 3.21. The van der Waals surface area contributed by atoms with E-state index in [1.165, 1.54) is 0 Å². The van der Waals surface area contributed by atoms with Crippen LogP contribution in [0.15, 0.2) is 59.2 Å². The van der Waals surface area contributed by atoms with Crippen LogP contribution in [0.3, 0.4) is 0 Å². The molecule has 3 N–H and O–H groups in total. The summed E-state index contributed by atoms with van der Waals surface area (Å²) in [5.74, 6) is -0.368. The second kappa shape index (κ2) is 7.61. The maximum atomic E-state index is 12.4. The number of carbonyl (C=O) groups excluding carboxylic acids is 2. The van der Waals surface area contributed by atoms with Gasteiger partial charge in [0.2, 0.25) is 0 Å². The van der Waals surface area contributed by atoms with Crippen LogP contribution in [-0.4, -0.2) is 16.5 Å². The number of hydrogen-bond donors (Lipinski definition) is 3. The zero-order valence-electron chi connectivity index (χ0n) is 14.4. The summed E-state index contributed by atoms with van der Waals surface area (Å²) in [6, 6.07) is 14.6. The Morgan fingerprint density at radius 1 is 1.08 bits per heavy atom. The number of nitrogens with zero attached hydrogens (tertiary/aromatic N) is 1. The predicted molar refractivity (Wildman–Crippen MR) is 105 cm³/mol. The van der Waals surface area contributed by atoms with E-state index >= 15 is 0 Å². The van der Waals surface area contributed by atoms with E-state index in [1.807, 2.05) is 67.1 Å². The van der Waals surface area contributed by atoms with Crippen molar-refractivity contribution in [3.05, 3.63) is 70.3 Å². The van der Waals surface area contributed by atoms with E-state index in [0.29, 0.717) is 5.56 Å². The number of para-hydroxylation sites is 1. The first-order valence-electron chi connectivity index (χ1n) is 8.12. The van der Waals surface area contributed by atoms with Crippen molar-refractivity contribution in [1.29, 1.82) is 0 Å². The molecule has 7 heteroatoms. The molecule has 0 aliphatic carbocycles. The number of hydrazine groups is 1. The van der Waals surface area contributed by atoms with E-state index in [0.717, 1.165) is 20.9 Å². The Kier molecular flexibility index (Phi) is 5.27. The van der Waals surface area contributed by atoms with Crippen molar-refractivity contribution >= 4 is 38.8 Å². The molecule has 1 heterocycles. The van der Waals surface area contributed by atoms with Crippen LogP contribution < -0.4 is 16.2 Å². The standard InChI is InChI=1S/C19H19BrN4O2/c1-12(13-6-5-7-14(20)10-13)21-19(26)23-22-18(25)16-11-24(2)17-9-4-3-8-15(16)17/h3-12H,1-2H3,(H,22,25)(H2,21,23,26)/t12-/m0/s1. The Balaban J connectivity index is 1.61. The maximum Gasteiger partial charge on any atom is 0.333 e. The van der Waals surface area contributed by atoms with Gasteiger partial charge >= 0.3 is 6.03 Å². The third-order valence-corrected chi connectivity index (χ3v) is 4.62. The summed E-state index contributed by atoms with van der Waals surface area (Å²) in [6.07, 6.45) is 1.74. The number of nitrogens with one attached hydrogen (secondary N) is 3. The van der Waals surface area contributed by atoms with E-state index in [-0.39, 0.29) is 11.9 Å². The molecule has 1 aromatic heterocycles. The molecule has 0 aliphatic heterocycles. The first-order chi connectivity index (χ1) is 12.5. The van der Waals surface area contributed by atoms with Crippen LogP contribution in [0.2, 0.25) is 0 Å². The highest BCUT2D eigenvalue weighted by Gasteiger charge is 2.15. The molecule has 0 spiro atoms. The number of aryl methyl sites for hydroxylation is 1. The molecule has 134 valence electrons. The minimum Gasteiger partial charge on any atom is -0.350 e. The number of hydrogen-bond acceptors (Lipinski definition) is 2. The lowest BCUT2D eigenvalue weighted by Gasteiger charge is -2.15. The smallest absolute Gasteiger partial charge is 0.333 e. The molecule has 0 aliphatic rings. The molecule has 0 saturated heterocycles. The van der Waals surface area contributed by atoms with Gasteiger partial charge in [0, 0.05) is 28.6 Å². The fraction of sp³-hybridized carbons (Fsp3) is 0.158. The SMILES string of the molecule is C[C@H](NC(=O)NNC(=O)c1cn(C)c2ccccc12)c1cccc(Br)c1. The van der Waals surface area contributed by atoms with Crippen molar-refractivity contribution in [3.8, 4) is 0 Å². The lowest BCUT2D eigenvalue weighted by Crippen LogP contribution is -2.47. The second-order valence-corrected chi connectivity index (χ2v) is 6.92. The van der Waals surface area contributed by atoms with E-state index in [4.69, 9.17) is 0 Å². The molecule has 2 aromatic carbocycles. The minimum absolute atomic E-state index is 0.207. The maximum absolute atomic E-state index is 12.4. The van der Waals surface area contributed by atoms with Crippen molar-refractivity contribution < 1.29 is 9.59 Å². The largest absolute Gasteiger partial charge is 0.350 e.